The number of anilines is 1. The summed E-state index contributed by atoms with van der Waals surface area (Å²) in [6, 6.07) is 16.0. The molecule has 0 aliphatic heterocycles. The van der Waals surface area contributed by atoms with Gasteiger partial charge in [-0.2, -0.15) is 5.10 Å². The Hall–Kier alpha value is -2.11. The van der Waals surface area contributed by atoms with E-state index in [0.717, 1.165) is 16.8 Å². The molecule has 156 valence electrons. The van der Waals surface area contributed by atoms with Crippen LogP contribution in [0.15, 0.2) is 59.7 Å². The molecule has 0 aromatic heterocycles. The molecule has 3 aromatic rings. The average Bonchev–Trinajstić information content (AvgIpc) is 2.71. The molecule has 4 nitrogen and oxygen atoms in total. The molecule has 8 heteroatoms. The topological polar surface area (TPSA) is 42.8 Å². The summed E-state index contributed by atoms with van der Waals surface area (Å²) in [7, 11) is 0. The van der Waals surface area contributed by atoms with E-state index in [4.69, 9.17) is 55.9 Å². The van der Waals surface area contributed by atoms with Crippen molar-refractivity contribution < 1.29 is 9.47 Å². The first-order valence-corrected chi connectivity index (χ1v) is 10.5. The van der Waals surface area contributed by atoms with Gasteiger partial charge >= 0.3 is 0 Å². The highest BCUT2D eigenvalue weighted by molar-refractivity contribution is 6.42. The highest BCUT2D eigenvalue weighted by atomic mass is 35.5. The quantitative estimate of drug-likeness (QED) is 0.263. The van der Waals surface area contributed by atoms with Gasteiger partial charge in [-0.1, -0.05) is 52.5 Å². The molecule has 1 N–H and O–H groups in total. The molecule has 0 fully saturated rings. The minimum absolute atomic E-state index is 0.294. The van der Waals surface area contributed by atoms with Gasteiger partial charge in [0, 0.05) is 15.6 Å². The van der Waals surface area contributed by atoms with E-state index < -0.39 is 0 Å². The lowest BCUT2D eigenvalue weighted by molar-refractivity contribution is 0.269. The first-order chi connectivity index (χ1) is 14.5. The first-order valence-electron chi connectivity index (χ1n) is 9.04. The Labute approximate surface area is 195 Å². The predicted molar refractivity (Wildman–Crippen MR) is 126 cm³/mol. The third-order valence-corrected chi connectivity index (χ3v) is 5.32. The molecule has 0 spiro atoms. The molecule has 0 heterocycles. The van der Waals surface area contributed by atoms with Gasteiger partial charge in [-0.05, 0) is 61.0 Å². The highest BCUT2D eigenvalue weighted by Crippen LogP contribution is 2.30. The Morgan fingerprint density at radius 2 is 1.67 bits per heavy atom. The Morgan fingerprint density at radius 3 is 2.40 bits per heavy atom. The van der Waals surface area contributed by atoms with Crippen LogP contribution in [0.2, 0.25) is 20.1 Å². The van der Waals surface area contributed by atoms with Crippen molar-refractivity contribution in [3.63, 3.8) is 0 Å². The van der Waals surface area contributed by atoms with E-state index in [9.17, 15) is 0 Å². The summed E-state index contributed by atoms with van der Waals surface area (Å²) in [4.78, 5) is 0. The fourth-order valence-electron chi connectivity index (χ4n) is 2.53. The minimum Gasteiger partial charge on any atom is -0.490 e. The van der Waals surface area contributed by atoms with Gasteiger partial charge in [0.2, 0.25) is 0 Å². The van der Waals surface area contributed by atoms with Crippen LogP contribution in [0.5, 0.6) is 11.5 Å². The maximum atomic E-state index is 6.21. The second-order valence-corrected chi connectivity index (χ2v) is 7.82. The number of hydrazone groups is 1. The summed E-state index contributed by atoms with van der Waals surface area (Å²) in [5, 5.41) is 6.30. The molecule has 0 saturated heterocycles. The lowest BCUT2D eigenvalue weighted by Gasteiger charge is -2.13. The Bertz CT molecular complexity index is 1060. The summed E-state index contributed by atoms with van der Waals surface area (Å²) in [5.74, 6) is 1.22. The molecule has 0 bridgehead atoms. The third kappa shape index (κ3) is 6.19. The molecular weight excluding hydrogens is 466 g/mol. The Balaban J connectivity index is 1.69. The van der Waals surface area contributed by atoms with E-state index in [1.54, 1.807) is 36.5 Å². The largest absolute Gasteiger partial charge is 0.490 e. The maximum Gasteiger partial charge on any atom is 0.161 e. The summed E-state index contributed by atoms with van der Waals surface area (Å²) in [6.45, 7) is 2.70. The van der Waals surface area contributed by atoms with Crippen molar-refractivity contribution in [3.05, 3.63) is 85.8 Å². The molecule has 3 aromatic carbocycles. The first kappa shape index (κ1) is 22.6. The van der Waals surface area contributed by atoms with Crippen LogP contribution in [-0.4, -0.2) is 12.8 Å². The molecule has 0 atom stereocenters. The predicted octanol–water partition coefficient (Wildman–Crippen LogP) is 7.72. The van der Waals surface area contributed by atoms with Crippen molar-refractivity contribution in [2.45, 2.75) is 13.5 Å². The van der Waals surface area contributed by atoms with Gasteiger partial charge in [-0.25, -0.2) is 0 Å². The Morgan fingerprint density at radius 1 is 0.833 bits per heavy atom. The van der Waals surface area contributed by atoms with Gasteiger partial charge in [-0.3, -0.25) is 5.43 Å². The van der Waals surface area contributed by atoms with E-state index in [1.807, 2.05) is 31.2 Å². The number of nitrogens with zero attached hydrogens (tertiary/aromatic N) is 1. The van der Waals surface area contributed by atoms with Crippen molar-refractivity contribution in [2.75, 3.05) is 12.0 Å². The summed E-state index contributed by atoms with van der Waals surface area (Å²) < 4.78 is 11.6. The number of nitrogens with one attached hydrogen (secondary N) is 1. The molecule has 3 rings (SSSR count). The number of hydrogen-bond donors (Lipinski definition) is 1. The summed E-state index contributed by atoms with van der Waals surface area (Å²) in [6.07, 6.45) is 1.67. The zero-order valence-electron chi connectivity index (χ0n) is 16.0. The van der Waals surface area contributed by atoms with E-state index in [2.05, 4.69) is 10.5 Å². The molecule has 0 saturated carbocycles. The molecule has 30 heavy (non-hydrogen) atoms. The lowest BCUT2D eigenvalue weighted by atomic mass is 10.2. The van der Waals surface area contributed by atoms with Crippen LogP contribution in [0.4, 0.5) is 5.69 Å². The second kappa shape index (κ2) is 10.8. The number of benzene rings is 3. The van der Waals surface area contributed by atoms with E-state index in [0.29, 0.717) is 44.8 Å². The number of hydrogen-bond acceptors (Lipinski definition) is 4. The average molecular weight is 484 g/mol. The van der Waals surface area contributed by atoms with Gasteiger partial charge in [0.15, 0.2) is 11.5 Å². The number of ether oxygens (including phenoxy) is 2. The molecule has 0 radical (unpaired) electrons. The van der Waals surface area contributed by atoms with Gasteiger partial charge in [0.1, 0.15) is 6.61 Å². The van der Waals surface area contributed by atoms with Crippen LogP contribution in [-0.2, 0) is 6.61 Å². The van der Waals surface area contributed by atoms with Crippen LogP contribution in [0.3, 0.4) is 0 Å². The van der Waals surface area contributed by atoms with E-state index in [1.165, 1.54) is 0 Å². The number of rotatable bonds is 8. The second-order valence-electron chi connectivity index (χ2n) is 6.16. The molecular formula is C22H18Cl4N2O2. The summed E-state index contributed by atoms with van der Waals surface area (Å²) >= 11 is 24.1. The van der Waals surface area contributed by atoms with Gasteiger partial charge in [-0.15, -0.1) is 0 Å². The van der Waals surface area contributed by atoms with Crippen molar-refractivity contribution >= 4 is 58.3 Å². The van der Waals surface area contributed by atoms with Crippen LogP contribution in [0.25, 0.3) is 0 Å². The fourth-order valence-corrected chi connectivity index (χ4v) is 3.29. The zero-order chi connectivity index (χ0) is 21.5. The van der Waals surface area contributed by atoms with Crippen LogP contribution >= 0.6 is 46.4 Å². The van der Waals surface area contributed by atoms with Crippen LogP contribution in [0, 0.1) is 0 Å². The third-order valence-electron chi connectivity index (χ3n) is 3.99. The summed E-state index contributed by atoms with van der Waals surface area (Å²) in [5.41, 5.74) is 5.31. The lowest BCUT2D eigenvalue weighted by Crippen LogP contribution is -2.01. The van der Waals surface area contributed by atoms with Gasteiger partial charge in [0.05, 0.1) is 28.6 Å². The molecule has 0 aliphatic carbocycles. The molecule has 0 aliphatic rings. The Kier molecular flexibility index (Phi) is 8.11. The zero-order valence-corrected chi connectivity index (χ0v) is 19.0. The van der Waals surface area contributed by atoms with Crippen molar-refractivity contribution in [3.8, 4) is 11.5 Å². The highest BCUT2D eigenvalue weighted by Gasteiger charge is 2.08. The monoisotopic (exact) mass is 482 g/mol. The maximum absolute atomic E-state index is 6.21. The smallest absolute Gasteiger partial charge is 0.161 e. The van der Waals surface area contributed by atoms with Gasteiger partial charge < -0.3 is 9.47 Å². The van der Waals surface area contributed by atoms with Gasteiger partial charge in [0.25, 0.3) is 0 Å². The number of halogens is 4. The van der Waals surface area contributed by atoms with Crippen LogP contribution < -0.4 is 14.9 Å². The van der Waals surface area contributed by atoms with Crippen molar-refractivity contribution in [1.29, 1.82) is 0 Å². The normalized spacial score (nSPS) is 11.0. The fraction of sp³-hybridized carbons (Fsp3) is 0.136. The SMILES string of the molecule is CCOc1cc(C=NNc2ccc(Cl)c(Cl)c2)ccc1OCc1ccc(Cl)cc1Cl. The molecule has 0 unspecified atom stereocenters. The molecule has 0 amide bonds. The van der Waals surface area contributed by atoms with E-state index >= 15 is 0 Å². The van der Waals surface area contributed by atoms with Crippen LogP contribution in [0.1, 0.15) is 18.1 Å². The van der Waals surface area contributed by atoms with Crippen molar-refractivity contribution in [2.24, 2.45) is 5.10 Å². The minimum atomic E-state index is 0.294. The van der Waals surface area contributed by atoms with E-state index in [-0.39, 0.29) is 0 Å². The standard InChI is InChI=1S/C22H18Cl4N2O2/c1-2-29-22-9-14(12-27-28-17-6-7-18(24)20(26)11-17)3-8-21(22)30-13-15-4-5-16(23)10-19(15)25/h3-12,28H,2,13H2,1H3. The van der Waals surface area contributed by atoms with Crippen molar-refractivity contribution in [1.82, 2.24) is 0 Å².